The summed E-state index contributed by atoms with van der Waals surface area (Å²) in [5.41, 5.74) is -0.986. The number of ether oxygens (including phenoxy) is 1. The van der Waals surface area contributed by atoms with Gasteiger partial charge in [0.2, 0.25) is 5.54 Å². The Morgan fingerprint density at radius 2 is 1.33 bits per heavy atom. The topological polar surface area (TPSA) is 66.6 Å². The Kier molecular flexibility index (Phi) is 11.1. The van der Waals surface area contributed by atoms with E-state index in [1.54, 1.807) is 0 Å². The van der Waals surface area contributed by atoms with Crippen molar-refractivity contribution in [3.8, 4) is 0 Å². The molecule has 0 aromatic heterocycles. The molecule has 0 saturated carbocycles. The maximum Gasteiger partial charge on any atom is 0.315 e. The average Bonchev–Trinajstić information content (AvgIpc) is 2.86. The van der Waals surface area contributed by atoms with Crippen LogP contribution in [0.1, 0.15) is 117 Å². The van der Waals surface area contributed by atoms with Gasteiger partial charge in [-0.15, -0.1) is 0 Å². The minimum atomic E-state index is -0.676. The quantitative estimate of drug-likeness (QED) is 0.253. The molecule has 0 aromatic rings. The monoisotopic (exact) mass is 384 g/mol. The van der Waals surface area contributed by atoms with Crippen molar-refractivity contribution >= 4 is 5.97 Å². The van der Waals surface area contributed by atoms with Gasteiger partial charge in [0.25, 0.3) is 0 Å². The molecule has 0 spiro atoms. The van der Waals surface area contributed by atoms with Crippen molar-refractivity contribution < 1.29 is 19.4 Å². The maximum absolute atomic E-state index is 12.5. The predicted octanol–water partition coefficient (Wildman–Crippen LogP) is 6.23. The first-order valence-electron chi connectivity index (χ1n) is 11.2. The zero-order valence-electron chi connectivity index (χ0n) is 17.9. The van der Waals surface area contributed by atoms with Crippen LogP contribution in [0.15, 0.2) is 0 Å². The van der Waals surface area contributed by atoms with Crippen LogP contribution in [0, 0.1) is 4.91 Å². The van der Waals surface area contributed by atoms with E-state index in [0.717, 1.165) is 32.1 Å². The van der Waals surface area contributed by atoms with Gasteiger partial charge in [0, 0.05) is 42.8 Å². The first kappa shape index (κ1) is 24.1. The molecular formula is C22H42NO4+. The zero-order valence-corrected chi connectivity index (χ0v) is 17.9. The fourth-order valence-electron chi connectivity index (χ4n) is 4.02. The Labute approximate surface area is 165 Å². The third-order valence-corrected chi connectivity index (χ3v) is 5.87. The number of rotatable bonds is 16. The van der Waals surface area contributed by atoms with Crippen LogP contribution in [0.5, 0.6) is 0 Å². The van der Waals surface area contributed by atoms with E-state index in [2.05, 4.69) is 6.92 Å². The first-order chi connectivity index (χ1) is 12.8. The molecule has 1 heterocycles. The summed E-state index contributed by atoms with van der Waals surface area (Å²) in [6.07, 6.45) is 16.2. The second-order valence-electron chi connectivity index (χ2n) is 8.83. The highest BCUT2D eigenvalue weighted by Gasteiger charge is 2.59. The molecule has 1 N–H and O–H groups in total. The van der Waals surface area contributed by atoms with Gasteiger partial charge in [-0.1, -0.05) is 71.1 Å². The molecule has 5 heteroatoms. The fraction of sp³-hybridized carbons (Fsp3) is 0.955. The van der Waals surface area contributed by atoms with E-state index < -0.39 is 17.2 Å². The third kappa shape index (κ3) is 8.71. The molecule has 1 rings (SSSR count). The van der Waals surface area contributed by atoms with E-state index in [-0.39, 0.29) is 0 Å². The number of nitrogens with zero attached hydrogens (tertiary/aromatic N) is 1. The Balaban J connectivity index is 1.93. The van der Waals surface area contributed by atoms with E-state index >= 15 is 0 Å². The SMILES string of the molecule is CCC1(CCCCCCCCCCCCCCC(=O)O)OCC(C)(C)[N+]1=O. The van der Waals surface area contributed by atoms with Crippen molar-refractivity contribution in [3.63, 3.8) is 0 Å². The van der Waals surface area contributed by atoms with Crippen LogP contribution >= 0.6 is 0 Å². The molecule has 1 atom stereocenters. The van der Waals surface area contributed by atoms with Gasteiger partial charge in [0.05, 0.1) is 0 Å². The van der Waals surface area contributed by atoms with Gasteiger partial charge < -0.3 is 9.84 Å². The number of aliphatic carboxylic acids is 1. The van der Waals surface area contributed by atoms with E-state index in [1.807, 2.05) is 13.8 Å². The van der Waals surface area contributed by atoms with E-state index in [9.17, 15) is 9.70 Å². The number of unbranched alkanes of at least 4 members (excludes halogenated alkanes) is 11. The highest BCUT2D eigenvalue weighted by molar-refractivity contribution is 5.66. The molecule has 1 fully saturated rings. The van der Waals surface area contributed by atoms with Crippen molar-refractivity contribution in [1.82, 2.24) is 0 Å². The van der Waals surface area contributed by atoms with Crippen molar-refractivity contribution in [2.75, 3.05) is 6.61 Å². The molecule has 1 aliphatic heterocycles. The normalized spacial score (nSPS) is 21.7. The van der Waals surface area contributed by atoms with Crippen LogP contribution in [0.4, 0.5) is 0 Å². The molecular weight excluding hydrogens is 342 g/mol. The molecule has 0 radical (unpaired) electrons. The lowest BCUT2D eigenvalue weighted by Gasteiger charge is -2.19. The summed E-state index contributed by atoms with van der Waals surface area (Å²) in [5, 5.41) is 8.58. The number of carbonyl (C=O) groups is 1. The average molecular weight is 385 g/mol. The van der Waals surface area contributed by atoms with Crippen LogP contribution in [-0.2, 0) is 9.53 Å². The lowest BCUT2D eigenvalue weighted by atomic mass is 9.98. The Morgan fingerprint density at radius 3 is 1.70 bits per heavy atom. The summed E-state index contributed by atoms with van der Waals surface area (Å²) in [6, 6.07) is 0. The van der Waals surface area contributed by atoms with Gasteiger partial charge in [-0.2, -0.15) is 0 Å². The molecule has 1 unspecified atom stereocenters. The minimum Gasteiger partial charge on any atom is -0.481 e. The van der Waals surface area contributed by atoms with E-state index in [1.165, 1.54) is 62.5 Å². The second kappa shape index (κ2) is 12.5. The lowest BCUT2D eigenvalue weighted by molar-refractivity contribution is -0.687. The van der Waals surface area contributed by atoms with Gasteiger partial charge >= 0.3 is 11.7 Å². The summed E-state index contributed by atoms with van der Waals surface area (Å²) in [6.45, 7) is 6.52. The minimum absolute atomic E-state index is 0.316. The van der Waals surface area contributed by atoms with Gasteiger partial charge in [-0.25, -0.2) is 0 Å². The van der Waals surface area contributed by atoms with Crippen molar-refractivity contribution in [1.29, 1.82) is 0 Å². The molecule has 0 amide bonds. The smallest absolute Gasteiger partial charge is 0.315 e. The number of hydrogen-bond acceptors (Lipinski definition) is 3. The molecule has 0 bridgehead atoms. The molecule has 1 aliphatic rings. The predicted molar refractivity (Wildman–Crippen MR) is 109 cm³/mol. The van der Waals surface area contributed by atoms with Gasteiger partial charge in [-0.3, -0.25) is 4.79 Å². The van der Waals surface area contributed by atoms with Crippen LogP contribution in [-0.4, -0.2) is 33.7 Å². The first-order valence-corrected chi connectivity index (χ1v) is 11.2. The van der Waals surface area contributed by atoms with Crippen LogP contribution in [0.3, 0.4) is 0 Å². The Morgan fingerprint density at radius 1 is 0.889 bits per heavy atom. The van der Waals surface area contributed by atoms with Crippen molar-refractivity contribution in [2.45, 2.75) is 128 Å². The summed E-state index contributed by atoms with van der Waals surface area (Å²) in [7, 11) is 0. The van der Waals surface area contributed by atoms with Crippen LogP contribution in [0.25, 0.3) is 0 Å². The number of carboxylic acids is 1. The van der Waals surface area contributed by atoms with E-state index in [0.29, 0.717) is 13.0 Å². The molecule has 158 valence electrons. The number of hydrogen-bond donors (Lipinski definition) is 1. The maximum atomic E-state index is 12.5. The Hall–Kier alpha value is -0.970. The highest BCUT2D eigenvalue weighted by Crippen LogP contribution is 2.36. The number of nitroso groups, excluding NO2 is 1. The molecule has 0 aromatic carbocycles. The molecule has 5 nitrogen and oxygen atoms in total. The molecule has 1 saturated heterocycles. The van der Waals surface area contributed by atoms with Gasteiger partial charge in [-0.05, 0) is 12.8 Å². The summed E-state index contributed by atoms with van der Waals surface area (Å²) in [5.74, 6) is -0.676. The molecule has 0 aliphatic carbocycles. The third-order valence-electron chi connectivity index (χ3n) is 5.87. The molecule has 27 heavy (non-hydrogen) atoms. The van der Waals surface area contributed by atoms with Crippen molar-refractivity contribution in [2.24, 2.45) is 0 Å². The summed E-state index contributed by atoms with van der Waals surface area (Å²) in [4.78, 5) is 22.9. The largest absolute Gasteiger partial charge is 0.481 e. The van der Waals surface area contributed by atoms with Gasteiger partial charge in [0.1, 0.15) is 6.61 Å². The standard InChI is InChI=1S/C22H41NO4/c1-4-22(23(26)21(2,3)19-27-22)18-16-14-12-10-8-6-5-7-9-11-13-15-17-20(24)25/h4-19H2,1-3H3/p+1. The highest BCUT2D eigenvalue weighted by atomic mass is 16.6. The van der Waals surface area contributed by atoms with Crippen LogP contribution < -0.4 is 0 Å². The second-order valence-corrected chi connectivity index (χ2v) is 8.83. The van der Waals surface area contributed by atoms with E-state index in [4.69, 9.17) is 9.84 Å². The van der Waals surface area contributed by atoms with Gasteiger partial charge in [0.15, 0.2) is 0 Å². The fourth-order valence-corrected chi connectivity index (χ4v) is 4.02. The summed E-state index contributed by atoms with van der Waals surface area (Å²) < 4.78 is 7.13. The lowest BCUT2D eigenvalue weighted by Crippen LogP contribution is -2.43. The van der Waals surface area contributed by atoms with Crippen molar-refractivity contribution in [3.05, 3.63) is 4.91 Å². The zero-order chi connectivity index (χ0) is 20.2. The Bertz CT molecular complexity index is 450. The van der Waals surface area contributed by atoms with Crippen LogP contribution in [0.2, 0.25) is 0 Å². The number of carboxylic acid groups (broad SMARTS) is 1. The summed E-state index contributed by atoms with van der Waals surface area (Å²) >= 11 is 0.